The number of nitrogens with zero attached hydrogens (tertiary/aromatic N) is 3. The van der Waals surface area contributed by atoms with Crippen molar-refractivity contribution in [3.8, 4) is 0 Å². The minimum absolute atomic E-state index is 0.122. The third-order valence-corrected chi connectivity index (χ3v) is 10.5. The summed E-state index contributed by atoms with van der Waals surface area (Å²) in [6.07, 6.45) is 0.874. The second-order valence-corrected chi connectivity index (χ2v) is 19.8. The summed E-state index contributed by atoms with van der Waals surface area (Å²) in [6.45, 7) is 15.7. The number of thioether (sulfide) groups is 1. The minimum Gasteiger partial charge on any atom is -0.480 e. The van der Waals surface area contributed by atoms with Gasteiger partial charge in [0.2, 0.25) is 5.95 Å². The Labute approximate surface area is 225 Å². The molecule has 0 saturated heterocycles. The summed E-state index contributed by atoms with van der Waals surface area (Å²) in [7, 11) is -1.38. The highest BCUT2D eigenvalue weighted by atomic mass is 79.9. The highest BCUT2D eigenvalue weighted by molar-refractivity contribution is 9.10. The van der Waals surface area contributed by atoms with Crippen molar-refractivity contribution < 1.29 is 28.6 Å². The first-order chi connectivity index (χ1) is 16.4. The normalized spacial score (nSPS) is 27.7. The first-order valence-corrected chi connectivity index (χ1v) is 17.1. The van der Waals surface area contributed by atoms with Gasteiger partial charge in [0.1, 0.15) is 17.1 Å². The first kappa shape index (κ1) is 29.1. The van der Waals surface area contributed by atoms with Crippen LogP contribution in [0.3, 0.4) is 0 Å². The smallest absolute Gasteiger partial charge is 0.418 e. The molecule has 0 bridgehead atoms. The van der Waals surface area contributed by atoms with Gasteiger partial charge in [0.25, 0.3) is 0 Å². The van der Waals surface area contributed by atoms with Crippen LogP contribution in [0.2, 0.25) is 25.7 Å². The number of carbonyl (C=O) groups excluding carboxylic acids is 1. The minimum atomic E-state index is -1.38. The Morgan fingerprint density at radius 3 is 2.50 bits per heavy atom. The van der Waals surface area contributed by atoms with Gasteiger partial charge in [-0.1, -0.05) is 38.3 Å². The number of aromatic nitrogens is 1. The SMILES string of the molecule is CC(C)(C)OC(=O)N(COCC[Si](C)(C)C)C1=N[C@](C)(c2cc(Br)cnc2F)C2(C)C[C@]2(C(=O)O)S1. The maximum absolute atomic E-state index is 15.1. The molecule has 36 heavy (non-hydrogen) atoms. The van der Waals surface area contributed by atoms with Crippen LogP contribution in [0.15, 0.2) is 21.7 Å². The summed E-state index contributed by atoms with van der Waals surface area (Å²) in [5, 5.41) is 10.4. The van der Waals surface area contributed by atoms with Crippen molar-refractivity contribution in [1.29, 1.82) is 0 Å². The number of halogens is 2. The number of aliphatic imine (C=N–C) groups is 1. The van der Waals surface area contributed by atoms with Gasteiger partial charge in [-0.15, -0.1) is 0 Å². The fourth-order valence-corrected chi connectivity index (χ4v) is 7.03. The number of carboxylic acid groups (broad SMARTS) is 1. The van der Waals surface area contributed by atoms with Crippen LogP contribution >= 0.6 is 27.7 Å². The van der Waals surface area contributed by atoms with E-state index in [4.69, 9.17) is 14.5 Å². The molecular weight excluding hydrogens is 569 g/mol. The molecule has 1 aromatic rings. The van der Waals surface area contributed by atoms with Crippen LogP contribution in [-0.4, -0.2) is 64.0 Å². The van der Waals surface area contributed by atoms with Crippen molar-refractivity contribution >= 4 is 53.0 Å². The van der Waals surface area contributed by atoms with Crippen LogP contribution in [0.25, 0.3) is 0 Å². The van der Waals surface area contributed by atoms with Crippen molar-refractivity contribution in [3.05, 3.63) is 28.2 Å². The fourth-order valence-electron chi connectivity index (χ4n) is 4.29. The number of carboxylic acids is 1. The van der Waals surface area contributed by atoms with Crippen LogP contribution in [0.5, 0.6) is 0 Å². The zero-order chi connectivity index (χ0) is 27.3. The van der Waals surface area contributed by atoms with Crippen molar-refractivity contribution in [2.24, 2.45) is 10.4 Å². The molecular formula is C24H35BrFN3O5SSi. The number of amides is 1. The summed E-state index contributed by atoms with van der Waals surface area (Å²) < 4.78 is 25.8. The van der Waals surface area contributed by atoms with Crippen LogP contribution in [-0.2, 0) is 19.8 Å². The topological polar surface area (TPSA) is 101 Å². The van der Waals surface area contributed by atoms with Gasteiger partial charge in [-0.25, -0.2) is 19.7 Å². The highest BCUT2D eigenvalue weighted by Gasteiger charge is 2.80. The molecule has 0 radical (unpaired) electrons. The Hall–Kier alpha value is -1.50. The summed E-state index contributed by atoms with van der Waals surface area (Å²) in [5.74, 6) is -1.78. The molecule has 3 atom stereocenters. The van der Waals surface area contributed by atoms with Crippen LogP contribution in [0.1, 0.15) is 46.6 Å². The number of pyridine rings is 1. The molecule has 0 spiro atoms. The quantitative estimate of drug-likeness (QED) is 0.174. The second kappa shape index (κ2) is 9.67. The second-order valence-electron chi connectivity index (χ2n) is 12.0. The summed E-state index contributed by atoms with van der Waals surface area (Å²) in [5.41, 5.74) is -2.87. The number of ether oxygens (including phenoxy) is 2. The molecule has 1 aliphatic heterocycles. The molecule has 1 unspecified atom stereocenters. The lowest BCUT2D eigenvalue weighted by Gasteiger charge is -2.41. The average molecular weight is 605 g/mol. The van der Waals surface area contributed by atoms with E-state index in [1.54, 1.807) is 40.7 Å². The third kappa shape index (κ3) is 5.51. The van der Waals surface area contributed by atoms with E-state index in [1.807, 2.05) is 0 Å². The number of aliphatic carboxylic acids is 1. The number of hydrogen-bond donors (Lipinski definition) is 1. The average Bonchev–Trinajstić information content (AvgIpc) is 3.36. The lowest BCUT2D eigenvalue weighted by molar-refractivity contribution is -0.138. The summed E-state index contributed by atoms with van der Waals surface area (Å²) in [4.78, 5) is 35.8. The molecule has 12 heteroatoms. The van der Waals surface area contributed by atoms with Gasteiger partial charge in [0, 0.05) is 36.3 Å². The molecule has 2 heterocycles. The van der Waals surface area contributed by atoms with Gasteiger partial charge >= 0.3 is 12.1 Å². The highest BCUT2D eigenvalue weighted by Crippen LogP contribution is 2.75. The zero-order valence-corrected chi connectivity index (χ0v) is 25.5. The van der Waals surface area contributed by atoms with Gasteiger partial charge in [0.15, 0.2) is 5.17 Å². The maximum atomic E-state index is 15.1. The monoisotopic (exact) mass is 603 g/mol. The van der Waals surface area contributed by atoms with E-state index in [-0.39, 0.29) is 23.9 Å². The summed E-state index contributed by atoms with van der Waals surface area (Å²) >= 11 is 4.34. The Kier molecular flexibility index (Phi) is 7.80. The molecule has 1 aliphatic carbocycles. The molecule has 2 aliphatic rings. The number of hydrogen-bond acceptors (Lipinski definition) is 7. The van der Waals surface area contributed by atoms with Crippen molar-refractivity contribution in [1.82, 2.24) is 9.88 Å². The summed E-state index contributed by atoms with van der Waals surface area (Å²) in [6, 6.07) is 2.45. The molecule has 200 valence electrons. The van der Waals surface area contributed by atoms with Crippen LogP contribution in [0.4, 0.5) is 9.18 Å². The van der Waals surface area contributed by atoms with E-state index >= 15 is 4.39 Å². The van der Waals surface area contributed by atoms with Gasteiger partial charge in [0.05, 0.1) is 5.54 Å². The molecule has 3 rings (SSSR count). The first-order valence-electron chi connectivity index (χ1n) is 11.8. The molecule has 0 aromatic carbocycles. The van der Waals surface area contributed by atoms with Gasteiger partial charge in [-0.2, -0.15) is 4.39 Å². The van der Waals surface area contributed by atoms with Crippen molar-refractivity contribution in [2.45, 2.75) is 82.6 Å². The Bertz CT molecular complexity index is 1090. The fraction of sp³-hybridized carbons (Fsp3) is 0.667. The predicted molar refractivity (Wildman–Crippen MR) is 144 cm³/mol. The standard InChI is InChI=1S/C24H35BrFN3O5SSi/c1-21(2,3)34-20(32)29(14-33-9-10-36(6,7)8)19-28-23(5,16-11-15(25)12-27-17(16)26)22(4)13-24(22,35-19)18(30)31/h11-12H,9-10,13-14H2,1-8H3,(H,30,31)/t22?,23-,24-/m1/s1. The Morgan fingerprint density at radius 1 is 1.31 bits per heavy atom. The Morgan fingerprint density at radius 2 is 1.94 bits per heavy atom. The van der Waals surface area contributed by atoms with Crippen LogP contribution in [0, 0.1) is 11.4 Å². The van der Waals surface area contributed by atoms with E-state index in [9.17, 15) is 14.7 Å². The van der Waals surface area contributed by atoms with Crippen LogP contribution < -0.4 is 0 Å². The molecule has 1 N–H and O–H groups in total. The van der Waals surface area contributed by atoms with E-state index in [2.05, 4.69) is 40.6 Å². The Balaban J connectivity index is 2.08. The van der Waals surface area contributed by atoms with E-state index < -0.39 is 47.4 Å². The van der Waals surface area contributed by atoms with Gasteiger partial charge in [-0.05, 0) is 62.2 Å². The predicted octanol–water partition coefficient (Wildman–Crippen LogP) is 6.08. The molecule has 1 aromatic heterocycles. The molecule has 1 saturated carbocycles. The van der Waals surface area contributed by atoms with Crippen molar-refractivity contribution in [3.63, 3.8) is 0 Å². The molecule has 8 nitrogen and oxygen atoms in total. The van der Waals surface area contributed by atoms with E-state index in [0.717, 1.165) is 17.8 Å². The zero-order valence-electron chi connectivity index (χ0n) is 22.1. The van der Waals surface area contributed by atoms with E-state index in [1.165, 1.54) is 11.1 Å². The largest absolute Gasteiger partial charge is 0.480 e. The van der Waals surface area contributed by atoms with E-state index in [0.29, 0.717) is 11.1 Å². The lowest BCUT2D eigenvalue weighted by Crippen LogP contribution is -2.49. The number of amidine groups is 1. The van der Waals surface area contributed by atoms with Gasteiger partial charge in [-0.3, -0.25) is 4.79 Å². The van der Waals surface area contributed by atoms with Crippen molar-refractivity contribution in [2.75, 3.05) is 13.3 Å². The molecule has 1 fully saturated rings. The van der Waals surface area contributed by atoms with Gasteiger partial charge < -0.3 is 14.6 Å². The maximum Gasteiger partial charge on any atom is 0.418 e. The molecule has 1 amide bonds. The number of fused-ring (bicyclic) bond motifs is 1. The number of rotatable bonds is 7. The number of carbonyl (C=O) groups is 2. The lowest BCUT2D eigenvalue weighted by atomic mass is 9.77. The third-order valence-electron chi connectivity index (χ3n) is 6.77.